The predicted molar refractivity (Wildman–Crippen MR) is 76.5 cm³/mol. The van der Waals surface area contributed by atoms with E-state index >= 15 is 0 Å². The number of rotatable bonds is 5. The van der Waals surface area contributed by atoms with Gasteiger partial charge in [-0.1, -0.05) is 33.8 Å². The van der Waals surface area contributed by atoms with E-state index in [0.29, 0.717) is 0 Å². The van der Waals surface area contributed by atoms with Crippen molar-refractivity contribution >= 4 is 7.12 Å². The van der Waals surface area contributed by atoms with E-state index < -0.39 is 0 Å². The number of hydrogen-bond donors (Lipinski definition) is 0. The smallest absolute Gasteiger partial charge is 0.399 e. The van der Waals surface area contributed by atoms with Crippen LogP contribution in [0.2, 0.25) is 0 Å². The molecule has 2 rings (SSSR count). The lowest BCUT2D eigenvalue weighted by Crippen LogP contribution is -2.50. The second kappa shape index (κ2) is 5.38. The summed E-state index contributed by atoms with van der Waals surface area (Å²) in [5, 5.41) is 0. The van der Waals surface area contributed by atoms with Gasteiger partial charge in [0.05, 0.1) is 11.2 Å². The summed E-state index contributed by atoms with van der Waals surface area (Å²) in [5.74, 6) is 0. The topological polar surface area (TPSA) is 18.5 Å². The molecule has 1 saturated heterocycles. The Morgan fingerprint density at radius 2 is 1.50 bits per heavy atom. The highest BCUT2D eigenvalue weighted by Gasteiger charge is 2.58. The van der Waals surface area contributed by atoms with Crippen LogP contribution in [-0.2, 0) is 9.31 Å². The Morgan fingerprint density at radius 3 is 1.83 bits per heavy atom. The van der Waals surface area contributed by atoms with Crippen LogP contribution in [0.15, 0.2) is 11.5 Å². The van der Waals surface area contributed by atoms with Gasteiger partial charge in [0, 0.05) is 0 Å². The lowest BCUT2D eigenvalue weighted by atomic mass is 9.75. The van der Waals surface area contributed by atoms with Crippen molar-refractivity contribution < 1.29 is 9.31 Å². The summed E-state index contributed by atoms with van der Waals surface area (Å²) >= 11 is 0. The van der Waals surface area contributed by atoms with Gasteiger partial charge in [-0.3, -0.25) is 0 Å². The summed E-state index contributed by atoms with van der Waals surface area (Å²) in [6.45, 7) is 8.94. The molecule has 1 aliphatic heterocycles. The fraction of sp³-hybridized carbons (Fsp3) is 0.867. The molecule has 0 saturated carbocycles. The zero-order chi connectivity index (χ0) is 13.2. The first-order valence-corrected chi connectivity index (χ1v) is 7.71. The zero-order valence-corrected chi connectivity index (χ0v) is 12.4. The highest BCUT2D eigenvalue weighted by molar-refractivity contribution is 6.54. The second-order valence-electron chi connectivity index (χ2n) is 5.64. The van der Waals surface area contributed by atoms with Crippen LogP contribution in [0.3, 0.4) is 0 Å². The van der Waals surface area contributed by atoms with E-state index in [2.05, 4.69) is 33.8 Å². The van der Waals surface area contributed by atoms with Gasteiger partial charge in [0.15, 0.2) is 0 Å². The lowest BCUT2D eigenvalue weighted by molar-refractivity contribution is -0.0601. The minimum atomic E-state index is -0.0927. The Hall–Kier alpha value is -0.275. The maximum atomic E-state index is 6.44. The third-order valence-corrected chi connectivity index (χ3v) is 5.16. The maximum Gasteiger partial charge on any atom is 0.490 e. The molecule has 0 spiro atoms. The fourth-order valence-electron chi connectivity index (χ4n) is 3.83. The highest BCUT2D eigenvalue weighted by Crippen LogP contribution is 2.48. The van der Waals surface area contributed by atoms with Crippen molar-refractivity contribution in [3.63, 3.8) is 0 Å². The van der Waals surface area contributed by atoms with E-state index in [-0.39, 0.29) is 18.3 Å². The largest absolute Gasteiger partial charge is 0.490 e. The normalized spacial score (nSPS) is 25.6. The molecule has 0 N–H and O–H groups in total. The van der Waals surface area contributed by atoms with Crippen molar-refractivity contribution in [1.29, 1.82) is 0 Å². The second-order valence-corrected chi connectivity index (χ2v) is 5.64. The molecule has 0 aromatic heterocycles. The van der Waals surface area contributed by atoms with Gasteiger partial charge in [0.1, 0.15) is 0 Å². The maximum absolute atomic E-state index is 6.44. The predicted octanol–water partition coefficient (Wildman–Crippen LogP) is 4.29. The van der Waals surface area contributed by atoms with Crippen LogP contribution in [0, 0.1) is 0 Å². The molecule has 1 heterocycles. The Bertz CT molecular complexity index is 296. The van der Waals surface area contributed by atoms with Crippen LogP contribution in [0.1, 0.15) is 72.6 Å². The summed E-state index contributed by atoms with van der Waals surface area (Å²) in [4.78, 5) is 0. The molecule has 0 aromatic carbocycles. The molecule has 0 unspecified atom stereocenters. The molecule has 2 nitrogen and oxygen atoms in total. The Morgan fingerprint density at radius 1 is 1.00 bits per heavy atom. The van der Waals surface area contributed by atoms with Crippen LogP contribution >= 0.6 is 0 Å². The van der Waals surface area contributed by atoms with Gasteiger partial charge in [-0.2, -0.15) is 0 Å². The van der Waals surface area contributed by atoms with Gasteiger partial charge in [-0.05, 0) is 50.4 Å². The highest BCUT2D eigenvalue weighted by atomic mass is 16.7. The van der Waals surface area contributed by atoms with Crippen molar-refractivity contribution in [3.05, 3.63) is 11.5 Å². The van der Waals surface area contributed by atoms with Crippen molar-refractivity contribution in [3.8, 4) is 0 Å². The summed E-state index contributed by atoms with van der Waals surface area (Å²) in [7, 11) is -0.0766. The Labute approximate surface area is 112 Å². The molecule has 1 aliphatic carbocycles. The van der Waals surface area contributed by atoms with Gasteiger partial charge >= 0.3 is 7.12 Å². The average molecular weight is 250 g/mol. The van der Waals surface area contributed by atoms with Gasteiger partial charge < -0.3 is 9.31 Å². The molecule has 0 atom stereocenters. The van der Waals surface area contributed by atoms with Gasteiger partial charge in [-0.25, -0.2) is 0 Å². The zero-order valence-electron chi connectivity index (χ0n) is 12.4. The molecular formula is C15H27BO2. The Balaban J connectivity index is 2.27. The monoisotopic (exact) mass is 250 g/mol. The van der Waals surface area contributed by atoms with Gasteiger partial charge in [0.25, 0.3) is 0 Å². The SMILES string of the molecule is CCC1(CC)OB(C2=CCCC2)OC1(CC)CC. The molecule has 102 valence electrons. The van der Waals surface area contributed by atoms with Crippen LogP contribution in [-0.4, -0.2) is 18.3 Å². The lowest BCUT2D eigenvalue weighted by Gasteiger charge is -2.42. The van der Waals surface area contributed by atoms with Gasteiger partial charge in [-0.15, -0.1) is 0 Å². The molecule has 0 amide bonds. The van der Waals surface area contributed by atoms with E-state index in [1.54, 1.807) is 0 Å². The van der Waals surface area contributed by atoms with Crippen molar-refractivity contribution in [2.45, 2.75) is 83.8 Å². The molecular weight excluding hydrogens is 223 g/mol. The van der Waals surface area contributed by atoms with Crippen LogP contribution in [0.4, 0.5) is 0 Å². The first-order chi connectivity index (χ1) is 8.67. The minimum Gasteiger partial charge on any atom is -0.399 e. The van der Waals surface area contributed by atoms with E-state index in [0.717, 1.165) is 32.1 Å². The van der Waals surface area contributed by atoms with Crippen LogP contribution in [0.25, 0.3) is 0 Å². The molecule has 0 aromatic rings. The van der Waals surface area contributed by atoms with Gasteiger partial charge in [0.2, 0.25) is 0 Å². The molecule has 2 aliphatic rings. The third-order valence-electron chi connectivity index (χ3n) is 5.16. The molecule has 18 heavy (non-hydrogen) atoms. The third kappa shape index (κ3) is 1.96. The van der Waals surface area contributed by atoms with Crippen molar-refractivity contribution in [2.75, 3.05) is 0 Å². The first kappa shape index (κ1) is 14.1. The summed E-state index contributed by atoms with van der Waals surface area (Å²) in [6.07, 6.45) is 10.1. The van der Waals surface area contributed by atoms with Crippen LogP contribution in [0.5, 0.6) is 0 Å². The van der Waals surface area contributed by atoms with Crippen LogP contribution < -0.4 is 0 Å². The quantitative estimate of drug-likeness (QED) is 0.677. The Kier molecular flexibility index (Phi) is 4.23. The van der Waals surface area contributed by atoms with E-state index in [9.17, 15) is 0 Å². The van der Waals surface area contributed by atoms with E-state index in [1.807, 2.05) is 0 Å². The fourth-order valence-corrected chi connectivity index (χ4v) is 3.83. The van der Waals surface area contributed by atoms with E-state index in [1.165, 1.54) is 18.3 Å². The van der Waals surface area contributed by atoms with Crippen molar-refractivity contribution in [1.82, 2.24) is 0 Å². The minimum absolute atomic E-state index is 0.0766. The number of allylic oxidation sites excluding steroid dienone is 2. The van der Waals surface area contributed by atoms with E-state index in [4.69, 9.17) is 9.31 Å². The molecule has 1 fully saturated rings. The number of hydrogen-bond acceptors (Lipinski definition) is 2. The average Bonchev–Trinajstić information content (AvgIpc) is 3.04. The summed E-state index contributed by atoms with van der Waals surface area (Å²) < 4.78 is 12.9. The van der Waals surface area contributed by atoms with Crippen molar-refractivity contribution in [2.24, 2.45) is 0 Å². The molecule has 0 bridgehead atoms. The molecule has 3 heteroatoms. The standard InChI is InChI=1S/C15H27BO2/c1-5-14(6-2)15(7-3,8-4)18-16(17-14)13-11-9-10-12-13/h11H,5-10,12H2,1-4H3. The first-order valence-electron chi connectivity index (χ1n) is 7.71. The summed E-state index contributed by atoms with van der Waals surface area (Å²) in [5.41, 5.74) is 1.19. The summed E-state index contributed by atoms with van der Waals surface area (Å²) in [6, 6.07) is 0. The molecule has 0 radical (unpaired) electrons.